The van der Waals surface area contributed by atoms with Gasteiger partial charge in [-0.05, 0) is 42.3 Å². The molecule has 2 aromatic carbocycles. The summed E-state index contributed by atoms with van der Waals surface area (Å²) in [7, 11) is 1.71. The van der Waals surface area contributed by atoms with Gasteiger partial charge in [-0.2, -0.15) is 0 Å². The molecule has 1 amide bonds. The van der Waals surface area contributed by atoms with Crippen LogP contribution in [0.25, 0.3) is 0 Å². The average Bonchev–Trinajstić information content (AvgIpc) is 2.88. The number of thioether (sulfide) groups is 1. The number of carbonyl (C=O) groups is 1. The maximum atomic E-state index is 12.3. The molecule has 0 unspecified atom stereocenters. The van der Waals surface area contributed by atoms with E-state index in [-0.39, 0.29) is 11.7 Å². The fourth-order valence-electron chi connectivity index (χ4n) is 3.80. The molecule has 3 aromatic rings. The van der Waals surface area contributed by atoms with Crippen LogP contribution in [0.4, 0.5) is 17.2 Å². The zero-order chi connectivity index (χ0) is 23.0. The quantitative estimate of drug-likeness (QED) is 0.398. The minimum absolute atomic E-state index is 0.0660. The van der Waals surface area contributed by atoms with Crippen molar-refractivity contribution in [2.24, 2.45) is 0 Å². The van der Waals surface area contributed by atoms with Gasteiger partial charge in [0.2, 0.25) is 5.91 Å². The molecule has 7 nitrogen and oxygen atoms in total. The van der Waals surface area contributed by atoms with Crippen LogP contribution in [-0.4, -0.2) is 54.9 Å². The molecule has 8 heteroatoms. The third-order valence-corrected chi connectivity index (χ3v) is 6.49. The van der Waals surface area contributed by atoms with Crippen molar-refractivity contribution in [2.45, 2.75) is 18.5 Å². The average molecular weight is 464 g/mol. The Morgan fingerprint density at radius 3 is 2.48 bits per heavy atom. The van der Waals surface area contributed by atoms with Crippen LogP contribution in [0.1, 0.15) is 12.5 Å². The van der Waals surface area contributed by atoms with Crippen LogP contribution in [0, 0.1) is 0 Å². The van der Waals surface area contributed by atoms with Gasteiger partial charge >= 0.3 is 0 Å². The molecule has 0 aliphatic carbocycles. The van der Waals surface area contributed by atoms with E-state index < -0.39 is 0 Å². The normalized spacial score (nSPS) is 13.6. The minimum Gasteiger partial charge on any atom is -0.495 e. The Labute approximate surface area is 199 Å². The number of rotatable bonds is 8. The number of benzene rings is 2. The Kier molecular flexibility index (Phi) is 7.67. The zero-order valence-corrected chi connectivity index (χ0v) is 19.8. The van der Waals surface area contributed by atoms with E-state index in [4.69, 9.17) is 4.74 Å². The molecule has 1 N–H and O–H groups in total. The molecule has 1 fully saturated rings. The molecule has 0 saturated carbocycles. The van der Waals surface area contributed by atoms with E-state index in [9.17, 15) is 4.79 Å². The monoisotopic (exact) mass is 463 g/mol. The number of aromatic nitrogens is 2. The first kappa shape index (κ1) is 22.9. The number of nitrogens with zero attached hydrogens (tertiary/aromatic N) is 4. The molecule has 0 atom stereocenters. The Morgan fingerprint density at radius 1 is 1.03 bits per heavy atom. The van der Waals surface area contributed by atoms with E-state index in [1.54, 1.807) is 13.3 Å². The highest BCUT2D eigenvalue weighted by atomic mass is 32.2. The van der Waals surface area contributed by atoms with Crippen LogP contribution < -0.4 is 19.9 Å². The SMILES string of the molecule is CCc1ccc(NC(=O)CSc2nccc(N3CCN(c4ccccc4OC)CC3)n2)cc1. The first-order valence-corrected chi connectivity index (χ1v) is 12.1. The van der Waals surface area contributed by atoms with E-state index in [1.165, 1.54) is 17.3 Å². The molecule has 0 bridgehead atoms. The van der Waals surface area contributed by atoms with Crippen LogP contribution >= 0.6 is 11.8 Å². The molecule has 1 aromatic heterocycles. The second-order valence-corrected chi connectivity index (χ2v) is 8.67. The number of hydrogen-bond donors (Lipinski definition) is 1. The molecular weight excluding hydrogens is 434 g/mol. The highest BCUT2D eigenvalue weighted by Crippen LogP contribution is 2.29. The molecular formula is C25H29N5O2S. The van der Waals surface area contributed by atoms with E-state index in [2.05, 4.69) is 38.1 Å². The molecule has 2 heterocycles. The predicted octanol–water partition coefficient (Wildman–Crippen LogP) is 4.11. The fourth-order valence-corrected chi connectivity index (χ4v) is 4.42. The van der Waals surface area contributed by atoms with Crippen molar-refractivity contribution in [2.75, 3.05) is 54.2 Å². The number of anilines is 3. The summed E-state index contributed by atoms with van der Waals surface area (Å²) in [5, 5.41) is 3.54. The van der Waals surface area contributed by atoms with Gasteiger partial charge < -0.3 is 19.9 Å². The Bertz CT molecular complexity index is 1070. The van der Waals surface area contributed by atoms with Gasteiger partial charge in [-0.1, -0.05) is 43.0 Å². The van der Waals surface area contributed by atoms with Crippen molar-refractivity contribution in [1.29, 1.82) is 0 Å². The largest absolute Gasteiger partial charge is 0.495 e. The van der Waals surface area contributed by atoms with Gasteiger partial charge in [-0.3, -0.25) is 4.79 Å². The molecule has 1 aliphatic rings. The van der Waals surface area contributed by atoms with E-state index in [1.807, 2.05) is 48.5 Å². The number of para-hydroxylation sites is 2. The van der Waals surface area contributed by atoms with Crippen molar-refractivity contribution in [3.8, 4) is 5.75 Å². The summed E-state index contributed by atoms with van der Waals surface area (Å²) in [6.07, 6.45) is 2.74. The van der Waals surface area contributed by atoms with Crippen molar-refractivity contribution >= 4 is 34.9 Å². The Morgan fingerprint density at radius 2 is 1.76 bits per heavy atom. The van der Waals surface area contributed by atoms with Gasteiger partial charge in [0.05, 0.1) is 18.6 Å². The topological polar surface area (TPSA) is 70.6 Å². The molecule has 4 rings (SSSR count). The number of nitrogens with one attached hydrogen (secondary N) is 1. The first-order valence-electron chi connectivity index (χ1n) is 11.1. The van der Waals surface area contributed by atoms with Gasteiger partial charge in [0.15, 0.2) is 5.16 Å². The van der Waals surface area contributed by atoms with Gasteiger partial charge in [0.25, 0.3) is 0 Å². The van der Waals surface area contributed by atoms with Crippen molar-refractivity contribution in [3.63, 3.8) is 0 Å². The molecule has 0 radical (unpaired) electrons. The second-order valence-electron chi connectivity index (χ2n) is 7.73. The summed E-state index contributed by atoms with van der Waals surface area (Å²) in [5.41, 5.74) is 3.17. The summed E-state index contributed by atoms with van der Waals surface area (Å²) in [5.74, 6) is 1.98. The highest BCUT2D eigenvalue weighted by molar-refractivity contribution is 7.99. The fraction of sp³-hybridized carbons (Fsp3) is 0.320. The lowest BCUT2D eigenvalue weighted by atomic mass is 10.1. The van der Waals surface area contributed by atoms with E-state index in [0.717, 1.165) is 55.5 Å². The summed E-state index contributed by atoms with van der Waals surface area (Å²) in [6, 6.07) is 18.0. The van der Waals surface area contributed by atoms with Crippen molar-refractivity contribution in [3.05, 3.63) is 66.4 Å². The molecule has 33 heavy (non-hydrogen) atoms. The predicted molar refractivity (Wildman–Crippen MR) is 135 cm³/mol. The van der Waals surface area contributed by atoms with Gasteiger partial charge in [-0.15, -0.1) is 0 Å². The van der Waals surface area contributed by atoms with Crippen LogP contribution in [0.15, 0.2) is 66.0 Å². The third kappa shape index (κ3) is 5.96. The minimum atomic E-state index is -0.0660. The number of ether oxygens (including phenoxy) is 1. The van der Waals surface area contributed by atoms with E-state index in [0.29, 0.717) is 5.16 Å². The highest BCUT2D eigenvalue weighted by Gasteiger charge is 2.21. The third-order valence-electron chi connectivity index (χ3n) is 5.63. The lowest BCUT2D eigenvalue weighted by Crippen LogP contribution is -2.47. The lowest BCUT2D eigenvalue weighted by molar-refractivity contribution is -0.113. The van der Waals surface area contributed by atoms with Crippen molar-refractivity contribution < 1.29 is 9.53 Å². The lowest BCUT2D eigenvalue weighted by Gasteiger charge is -2.37. The molecule has 1 aliphatic heterocycles. The van der Waals surface area contributed by atoms with Crippen LogP contribution in [0.2, 0.25) is 0 Å². The van der Waals surface area contributed by atoms with Crippen LogP contribution in [0.3, 0.4) is 0 Å². The Balaban J connectivity index is 1.30. The van der Waals surface area contributed by atoms with Crippen molar-refractivity contribution in [1.82, 2.24) is 9.97 Å². The van der Waals surface area contributed by atoms with Gasteiger partial charge in [0, 0.05) is 38.1 Å². The standard InChI is InChI=1S/C25H29N5O2S/c1-3-19-8-10-20(11-9-19)27-24(31)18-33-25-26-13-12-23(28-25)30-16-14-29(15-17-30)21-6-4-5-7-22(21)32-2/h4-13H,3,14-18H2,1-2H3,(H,27,31). The zero-order valence-electron chi connectivity index (χ0n) is 19.0. The molecule has 172 valence electrons. The van der Waals surface area contributed by atoms with E-state index >= 15 is 0 Å². The smallest absolute Gasteiger partial charge is 0.234 e. The van der Waals surface area contributed by atoms with Gasteiger partial charge in [-0.25, -0.2) is 9.97 Å². The molecule has 1 saturated heterocycles. The number of amides is 1. The molecule has 0 spiro atoms. The summed E-state index contributed by atoms with van der Waals surface area (Å²) < 4.78 is 5.51. The van der Waals surface area contributed by atoms with Gasteiger partial charge in [0.1, 0.15) is 11.6 Å². The number of methoxy groups -OCH3 is 1. The summed E-state index contributed by atoms with van der Waals surface area (Å²) >= 11 is 1.35. The number of aryl methyl sites for hydroxylation is 1. The number of piperazine rings is 1. The maximum absolute atomic E-state index is 12.3. The Hall–Kier alpha value is -3.26. The van der Waals surface area contributed by atoms with Crippen LogP contribution in [-0.2, 0) is 11.2 Å². The number of hydrogen-bond acceptors (Lipinski definition) is 7. The first-order chi connectivity index (χ1) is 16.2. The van der Waals surface area contributed by atoms with Crippen LogP contribution in [0.5, 0.6) is 5.75 Å². The number of carbonyl (C=O) groups excluding carboxylic acids is 1. The maximum Gasteiger partial charge on any atom is 0.234 e. The summed E-state index contributed by atoms with van der Waals surface area (Å²) in [4.78, 5) is 26.0. The second kappa shape index (κ2) is 11.0. The summed E-state index contributed by atoms with van der Waals surface area (Å²) in [6.45, 7) is 5.58.